The summed E-state index contributed by atoms with van der Waals surface area (Å²) in [6, 6.07) is 0.875. The van der Waals surface area contributed by atoms with Crippen molar-refractivity contribution in [3.8, 4) is 0 Å². The van der Waals surface area contributed by atoms with Crippen LogP contribution in [-0.4, -0.2) is 52.2 Å². The minimum atomic E-state index is 0.324. The van der Waals surface area contributed by atoms with E-state index in [4.69, 9.17) is 10.3 Å². The lowest BCUT2D eigenvalue weighted by Crippen LogP contribution is -2.51. The first-order valence-electron chi connectivity index (χ1n) is 8.30. The van der Waals surface area contributed by atoms with Crippen LogP contribution in [0.1, 0.15) is 37.4 Å². The SMILES string of the molecule is NCc1nc(CN2CCN(C3CC4CCC3C4)CC2)no1. The van der Waals surface area contributed by atoms with Crippen molar-refractivity contribution >= 4 is 0 Å². The molecule has 1 saturated heterocycles. The quantitative estimate of drug-likeness (QED) is 0.886. The Bertz CT molecular complexity index is 482. The Labute approximate surface area is 125 Å². The van der Waals surface area contributed by atoms with E-state index in [1.807, 2.05) is 0 Å². The van der Waals surface area contributed by atoms with Crippen molar-refractivity contribution in [3.05, 3.63) is 11.7 Å². The third-order valence-corrected chi connectivity index (χ3v) is 5.63. The van der Waals surface area contributed by atoms with Gasteiger partial charge in [-0.2, -0.15) is 4.98 Å². The fraction of sp³-hybridized carbons (Fsp3) is 0.867. The lowest BCUT2D eigenvalue weighted by molar-refractivity contribution is 0.0665. The summed E-state index contributed by atoms with van der Waals surface area (Å²) in [6.07, 6.45) is 5.91. The molecule has 2 saturated carbocycles. The predicted molar refractivity (Wildman–Crippen MR) is 78.3 cm³/mol. The van der Waals surface area contributed by atoms with E-state index in [9.17, 15) is 0 Å². The van der Waals surface area contributed by atoms with Crippen LogP contribution in [0, 0.1) is 11.8 Å². The summed E-state index contributed by atoms with van der Waals surface area (Å²) in [7, 11) is 0. The van der Waals surface area contributed by atoms with Crippen LogP contribution in [0.2, 0.25) is 0 Å². The molecule has 2 aliphatic carbocycles. The molecule has 0 amide bonds. The summed E-state index contributed by atoms with van der Waals surface area (Å²) < 4.78 is 5.07. The number of aromatic nitrogens is 2. The Kier molecular flexibility index (Phi) is 3.69. The van der Waals surface area contributed by atoms with Crippen LogP contribution >= 0.6 is 0 Å². The monoisotopic (exact) mass is 291 g/mol. The number of piperazine rings is 1. The highest BCUT2D eigenvalue weighted by Crippen LogP contribution is 2.46. The van der Waals surface area contributed by atoms with Crippen molar-refractivity contribution in [3.63, 3.8) is 0 Å². The second kappa shape index (κ2) is 5.66. The first-order valence-corrected chi connectivity index (χ1v) is 8.30. The van der Waals surface area contributed by atoms with Crippen LogP contribution in [0.5, 0.6) is 0 Å². The van der Waals surface area contributed by atoms with Crippen molar-refractivity contribution in [2.45, 2.75) is 44.8 Å². The van der Waals surface area contributed by atoms with Crippen molar-refractivity contribution in [2.75, 3.05) is 26.2 Å². The predicted octanol–water partition coefficient (Wildman–Crippen LogP) is 0.834. The normalized spacial score (nSPS) is 33.9. The Morgan fingerprint density at radius 2 is 2.00 bits per heavy atom. The molecule has 4 rings (SSSR count). The van der Waals surface area contributed by atoms with Gasteiger partial charge in [-0.3, -0.25) is 9.80 Å². The van der Waals surface area contributed by atoms with Crippen molar-refractivity contribution in [1.29, 1.82) is 0 Å². The van der Waals surface area contributed by atoms with Gasteiger partial charge in [-0.05, 0) is 31.1 Å². The van der Waals surface area contributed by atoms with Crippen LogP contribution in [0.25, 0.3) is 0 Å². The summed E-state index contributed by atoms with van der Waals surface area (Å²) in [4.78, 5) is 9.46. The number of fused-ring (bicyclic) bond motifs is 2. The van der Waals surface area contributed by atoms with Crippen LogP contribution < -0.4 is 5.73 Å². The molecule has 0 aromatic carbocycles. The highest BCUT2D eigenvalue weighted by molar-refractivity contribution is 4.96. The van der Waals surface area contributed by atoms with Crippen LogP contribution in [0.4, 0.5) is 0 Å². The minimum Gasteiger partial charge on any atom is -0.338 e. The molecule has 116 valence electrons. The van der Waals surface area contributed by atoms with Gasteiger partial charge in [0, 0.05) is 32.2 Å². The maximum Gasteiger partial charge on any atom is 0.240 e. The number of nitrogens with two attached hydrogens (primary N) is 1. The third kappa shape index (κ3) is 2.72. The highest BCUT2D eigenvalue weighted by atomic mass is 16.5. The van der Waals surface area contributed by atoms with E-state index in [1.165, 1.54) is 38.8 Å². The Hall–Kier alpha value is -0.980. The van der Waals surface area contributed by atoms with Gasteiger partial charge in [0.05, 0.1) is 13.1 Å². The Morgan fingerprint density at radius 3 is 2.62 bits per heavy atom. The second-order valence-corrected chi connectivity index (χ2v) is 6.86. The van der Waals surface area contributed by atoms with Crippen molar-refractivity contribution in [1.82, 2.24) is 19.9 Å². The summed E-state index contributed by atoms with van der Waals surface area (Å²) >= 11 is 0. The van der Waals surface area contributed by atoms with E-state index in [0.29, 0.717) is 12.4 Å². The lowest BCUT2D eigenvalue weighted by atomic mass is 9.93. The van der Waals surface area contributed by atoms with E-state index < -0.39 is 0 Å². The average molecular weight is 291 g/mol. The number of rotatable bonds is 4. The first kappa shape index (κ1) is 13.7. The maximum atomic E-state index is 5.50. The third-order valence-electron chi connectivity index (χ3n) is 5.63. The van der Waals surface area contributed by atoms with Crippen LogP contribution in [0.3, 0.4) is 0 Å². The van der Waals surface area contributed by atoms with Crippen LogP contribution in [-0.2, 0) is 13.1 Å². The largest absolute Gasteiger partial charge is 0.338 e. The molecule has 6 heteroatoms. The van der Waals surface area contributed by atoms with Gasteiger partial charge in [0.25, 0.3) is 0 Å². The fourth-order valence-corrected chi connectivity index (χ4v) is 4.55. The zero-order chi connectivity index (χ0) is 14.2. The summed E-state index contributed by atoms with van der Waals surface area (Å²) in [5, 5.41) is 3.99. The molecule has 2 bridgehead atoms. The number of hydrogen-bond donors (Lipinski definition) is 1. The molecule has 2 N–H and O–H groups in total. The molecular weight excluding hydrogens is 266 g/mol. The lowest BCUT2D eigenvalue weighted by Gasteiger charge is -2.40. The maximum absolute atomic E-state index is 5.50. The fourth-order valence-electron chi connectivity index (χ4n) is 4.55. The van der Waals surface area contributed by atoms with Crippen molar-refractivity contribution < 1.29 is 4.52 Å². The van der Waals surface area contributed by atoms with E-state index >= 15 is 0 Å². The van der Waals surface area contributed by atoms with Gasteiger partial charge in [0.1, 0.15) is 0 Å². The number of hydrogen-bond acceptors (Lipinski definition) is 6. The molecule has 0 radical (unpaired) electrons. The molecule has 3 aliphatic rings. The van der Waals surface area contributed by atoms with Crippen LogP contribution in [0.15, 0.2) is 4.52 Å². The summed E-state index contributed by atoms with van der Waals surface area (Å²) in [5.74, 6) is 3.33. The van der Waals surface area contributed by atoms with Gasteiger partial charge in [0.2, 0.25) is 5.89 Å². The zero-order valence-electron chi connectivity index (χ0n) is 12.6. The molecular formula is C15H25N5O. The molecule has 1 aromatic rings. The topological polar surface area (TPSA) is 71.4 Å². The molecule has 0 spiro atoms. The molecule has 3 fully saturated rings. The van der Waals surface area contributed by atoms with Gasteiger partial charge in [-0.1, -0.05) is 11.6 Å². The zero-order valence-corrected chi connectivity index (χ0v) is 12.6. The van der Waals surface area contributed by atoms with E-state index in [1.54, 1.807) is 0 Å². The molecule has 3 atom stereocenters. The highest BCUT2D eigenvalue weighted by Gasteiger charge is 2.42. The van der Waals surface area contributed by atoms with E-state index in [-0.39, 0.29) is 0 Å². The van der Waals surface area contributed by atoms with Gasteiger partial charge in [0.15, 0.2) is 5.82 Å². The van der Waals surface area contributed by atoms with Gasteiger partial charge < -0.3 is 10.3 Å². The molecule has 21 heavy (non-hydrogen) atoms. The molecule has 1 aliphatic heterocycles. The summed E-state index contributed by atoms with van der Waals surface area (Å²) in [5.41, 5.74) is 5.50. The Balaban J connectivity index is 1.28. The molecule has 1 aromatic heterocycles. The minimum absolute atomic E-state index is 0.324. The Morgan fingerprint density at radius 1 is 1.14 bits per heavy atom. The van der Waals surface area contributed by atoms with Gasteiger partial charge in [-0.25, -0.2) is 0 Å². The number of nitrogens with zero attached hydrogens (tertiary/aromatic N) is 4. The smallest absolute Gasteiger partial charge is 0.240 e. The van der Waals surface area contributed by atoms with Crippen molar-refractivity contribution in [2.24, 2.45) is 17.6 Å². The van der Waals surface area contributed by atoms with Gasteiger partial charge >= 0.3 is 0 Å². The standard InChI is InChI=1S/C15H25N5O/c16-9-15-17-14(18-21-15)10-19-3-5-20(6-4-19)13-8-11-1-2-12(13)7-11/h11-13H,1-10,16H2. The van der Waals surface area contributed by atoms with Gasteiger partial charge in [-0.15, -0.1) is 0 Å². The van der Waals surface area contributed by atoms with E-state index in [2.05, 4.69) is 19.9 Å². The first-order chi connectivity index (χ1) is 10.3. The molecule has 3 unspecified atom stereocenters. The summed E-state index contributed by atoms with van der Waals surface area (Å²) in [6.45, 7) is 5.71. The molecule has 6 nitrogen and oxygen atoms in total. The molecule has 2 heterocycles. The average Bonchev–Trinajstić information content (AvgIpc) is 3.24. The second-order valence-electron chi connectivity index (χ2n) is 6.86. The van der Waals surface area contributed by atoms with E-state index in [0.717, 1.165) is 43.3 Å².